The summed E-state index contributed by atoms with van der Waals surface area (Å²) < 4.78 is 0. The maximum atomic E-state index is 11.4. The van der Waals surface area contributed by atoms with E-state index in [1.807, 2.05) is 0 Å². The van der Waals surface area contributed by atoms with Crippen LogP contribution < -0.4 is 5.56 Å². The minimum atomic E-state index is 0.0313. The Morgan fingerprint density at radius 1 is 1.21 bits per heavy atom. The lowest BCUT2D eigenvalue weighted by atomic mass is 9.83. The minimum absolute atomic E-state index is 0.0313. The molecule has 2 saturated carbocycles. The van der Waals surface area contributed by atoms with E-state index < -0.39 is 0 Å². The normalized spacial score (nSPS) is 22.0. The Hall–Kier alpha value is -1.12. The molecule has 2 fully saturated rings. The quantitative estimate of drug-likeness (QED) is 0.774. The van der Waals surface area contributed by atoms with E-state index in [1.54, 1.807) is 6.07 Å². The molecule has 74 valence electrons. The number of nitrogens with one attached hydrogen (secondary N) is 1. The van der Waals surface area contributed by atoms with Crippen molar-refractivity contribution in [2.45, 2.75) is 43.9 Å². The highest BCUT2D eigenvalue weighted by molar-refractivity contribution is 5.15. The Morgan fingerprint density at radius 3 is 2.57 bits per heavy atom. The lowest BCUT2D eigenvalue weighted by Gasteiger charge is -2.24. The molecule has 3 nitrogen and oxygen atoms in total. The summed E-state index contributed by atoms with van der Waals surface area (Å²) in [5.41, 5.74) is 1.06. The summed E-state index contributed by atoms with van der Waals surface area (Å²) in [5.74, 6) is 2.04. The van der Waals surface area contributed by atoms with Crippen molar-refractivity contribution in [3.8, 4) is 0 Å². The molecule has 0 amide bonds. The van der Waals surface area contributed by atoms with Crippen molar-refractivity contribution in [2.75, 3.05) is 0 Å². The van der Waals surface area contributed by atoms with Gasteiger partial charge in [-0.25, -0.2) is 4.98 Å². The number of rotatable bonds is 2. The van der Waals surface area contributed by atoms with E-state index >= 15 is 0 Å². The Bertz CT molecular complexity index is 402. The first-order chi connectivity index (χ1) is 6.83. The van der Waals surface area contributed by atoms with E-state index in [0.717, 1.165) is 11.5 Å². The molecule has 1 aromatic rings. The van der Waals surface area contributed by atoms with Crippen LogP contribution >= 0.6 is 0 Å². The first kappa shape index (κ1) is 8.21. The van der Waals surface area contributed by atoms with Gasteiger partial charge in [-0.05, 0) is 25.7 Å². The van der Waals surface area contributed by atoms with Crippen molar-refractivity contribution in [1.82, 2.24) is 9.97 Å². The molecule has 0 aliphatic heterocycles. The van der Waals surface area contributed by atoms with Gasteiger partial charge in [0, 0.05) is 17.9 Å². The van der Waals surface area contributed by atoms with Crippen LogP contribution in [0.5, 0.6) is 0 Å². The molecule has 1 heterocycles. The van der Waals surface area contributed by atoms with Crippen LogP contribution in [0.25, 0.3) is 0 Å². The molecular formula is C11H14N2O. The fourth-order valence-corrected chi connectivity index (χ4v) is 1.96. The van der Waals surface area contributed by atoms with Crippen LogP contribution in [0.2, 0.25) is 0 Å². The van der Waals surface area contributed by atoms with Gasteiger partial charge >= 0.3 is 0 Å². The lowest BCUT2D eigenvalue weighted by Crippen LogP contribution is -2.18. The second kappa shape index (κ2) is 2.94. The topological polar surface area (TPSA) is 45.8 Å². The largest absolute Gasteiger partial charge is 0.310 e. The number of hydrogen-bond acceptors (Lipinski definition) is 2. The molecule has 3 rings (SSSR count). The smallest absolute Gasteiger partial charge is 0.251 e. The lowest BCUT2D eigenvalue weighted by molar-refractivity contribution is 0.409. The average molecular weight is 190 g/mol. The summed E-state index contributed by atoms with van der Waals surface area (Å²) in [6, 6.07) is 1.68. The fourth-order valence-electron chi connectivity index (χ4n) is 1.96. The number of aromatic nitrogens is 2. The standard InChI is InChI=1S/C11H14N2O/c14-10-6-9(7-2-1-3-7)12-11(13-10)8-4-5-8/h6-8H,1-5H2,(H,12,13,14). The van der Waals surface area contributed by atoms with Gasteiger partial charge in [-0.1, -0.05) is 6.42 Å². The van der Waals surface area contributed by atoms with Crippen LogP contribution in [-0.2, 0) is 0 Å². The van der Waals surface area contributed by atoms with Gasteiger partial charge in [0.25, 0.3) is 5.56 Å². The van der Waals surface area contributed by atoms with Crippen molar-refractivity contribution in [1.29, 1.82) is 0 Å². The Labute approximate surface area is 82.6 Å². The molecule has 2 aliphatic rings. The van der Waals surface area contributed by atoms with E-state index in [4.69, 9.17) is 0 Å². The molecule has 0 aromatic carbocycles. The van der Waals surface area contributed by atoms with Gasteiger partial charge in [0.2, 0.25) is 0 Å². The van der Waals surface area contributed by atoms with Crippen molar-refractivity contribution in [2.24, 2.45) is 0 Å². The van der Waals surface area contributed by atoms with E-state index in [1.165, 1.54) is 32.1 Å². The monoisotopic (exact) mass is 190 g/mol. The average Bonchev–Trinajstić information content (AvgIpc) is 2.80. The van der Waals surface area contributed by atoms with E-state index in [-0.39, 0.29) is 5.56 Å². The molecule has 1 N–H and O–H groups in total. The summed E-state index contributed by atoms with van der Waals surface area (Å²) in [6.45, 7) is 0. The van der Waals surface area contributed by atoms with Crippen molar-refractivity contribution in [3.63, 3.8) is 0 Å². The van der Waals surface area contributed by atoms with Gasteiger partial charge in [0.05, 0.1) is 5.69 Å². The van der Waals surface area contributed by atoms with Crippen molar-refractivity contribution < 1.29 is 0 Å². The first-order valence-corrected chi connectivity index (χ1v) is 5.44. The zero-order valence-corrected chi connectivity index (χ0v) is 8.12. The van der Waals surface area contributed by atoms with Crippen LogP contribution in [0, 0.1) is 0 Å². The van der Waals surface area contributed by atoms with E-state index in [9.17, 15) is 4.79 Å². The Morgan fingerprint density at radius 2 is 2.00 bits per heavy atom. The van der Waals surface area contributed by atoms with Crippen LogP contribution in [0.1, 0.15) is 55.5 Å². The molecule has 0 radical (unpaired) electrons. The predicted molar refractivity (Wildman–Crippen MR) is 53.4 cm³/mol. The van der Waals surface area contributed by atoms with Gasteiger partial charge < -0.3 is 4.98 Å². The van der Waals surface area contributed by atoms with Crippen molar-refractivity contribution >= 4 is 0 Å². The first-order valence-electron chi connectivity index (χ1n) is 5.44. The highest BCUT2D eigenvalue weighted by atomic mass is 16.1. The molecule has 0 unspecified atom stereocenters. The number of nitrogens with zero attached hydrogens (tertiary/aromatic N) is 1. The zero-order valence-electron chi connectivity index (χ0n) is 8.12. The summed E-state index contributed by atoms with van der Waals surface area (Å²) in [5, 5.41) is 0. The number of hydrogen-bond donors (Lipinski definition) is 1. The third kappa shape index (κ3) is 1.37. The second-order valence-corrected chi connectivity index (χ2v) is 4.46. The van der Waals surface area contributed by atoms with Crippen LogP contribution in [0.15, 0.2) is 10.9 Å². The summed E-state index contributed by atoms with van der Waals surface area (Å²) in [4.78, 5) is 18.8. The van der Waals surface area contributed by atoms with E-state index in [0.29, 0.717) is 11.8 Å². The molecule has 0 atom stereocenters. The molecule has 3 heteroatoms. The van der Waals surface area contributed by atoms with Gasteiger partial charge in [0.1, 0.15) is 5.82 Å². The fraction of sp³-hybridized carbons (Fsp3) is 0.636. The van der Waals surface area contributed by atoms with Crippen LogP contribution in [0.4, 0.5) is 0 Å². The molecule has 0 spiro atoms. The van der Waals surface area contributed by atoms with Crippen LogP contribution in [-0.4, -0.2) is 9.97 Å². The van der Waals surface area contributed by atoms with Gasteiger partial charge in [-0.15, -0.1) is 0 Å². The zero-order chi connectivity index (χ0) is 9.54. The minimum Gasteiger partial charge on any atom is -0.310 e. The van der Waals surface area contributed by atoms with Gasteiger partial charge in [0.15, 0.2) is 0 Å². The molecular weight excluding hydrogens is 176 g/mol. The van der Waals surface area contributed by atoms with E-state index in [2.05, 4.69) is 9.97 Å². The van der Waals surface area contributed by atoms with Crippen LogP contribution in [0.3, 0.4) is 0 Å². The predicted octanol–water partition coefficient (Wildman–Crippen LogP) is 1.91. The molecule has 0 bridgehead atoms. The SMILES string of the molecule is O=c1cc(C2CCC2)nc(C2CC2)[nH]1. The maximum absolute atomic E-state index is 11.4. The summed E-state index contributed by atoms with van der Waals surface area (Å²) in [6.07, 6.45) is 6.09. The van der Waals surface area contributed by atoms with Gasteiger partial charge in [-0.3, -0.25) is 4.79 Å². The Balaban J connectivity index is 1.97. The van der Waals surface area contributed by atoms with Gasteiger partial charge in [-0.2, -0.15) is 0 Å². The molecule has 0 saturated heterocycles. The third-order valence-electron chi connectivity index (χ3n) is 3.27. The second-order valence-electron chi connectivity index (χ2n) is 4.46. The summed E-state index contributed by atoms with van der Waals surface area (Å²) >= 11 is 0. The summed E-state index contributed by atoms with van der Waals surface area (Å²) in [7, 11) is 0. The number of H-pyrrole nitrogens is 1. The highest BCUT2D eigenvalue weighted by Gasteiger charge is 2.28. The van der Waals surface area contributed by atoms with Crippen molar-refractivity contribution in [3.05, 3.63) is 27.9 Å². The highest BCUT2D eigenvalue weighted by Crippen LogP contribution is 2.39. The molecule has 1 aromatic heterocycles. The maximum Gasteiger partial charge on any atom is 0.251 e. The Kier molecular flexibility index (Phi) is 1.72. The molecule has 2 aliphatic carbocycles. The molecule has 14 heavy (non-hydrogen) atoms. The number of aromatic amines is 1. The third-order valence-corrected chi connectivity index (χ3v) is 3.27.